The molecule has 1 aliphatic rings. The maximum Gasteiger partial charge on any atom is 0.416 e. The number of amides is 2. The van der Waals surface area contributed by atoms with Crippen molar-refractivity contribution in [3.63, 3.8) is 0 Å². The number of carbonyl (C=O) groups excluding carboxylic acids is 2. The van der Waals surface area contributed by atoms with E-state index in [2.05, 4.69) is 5.32 Å². The molecule has 0 aromatic heterocycles. The number of carbonyl (C=O) groups is 2. The Morgan fingerprint density at radius 1 is 1.12 bits per heavy atom. The molecule has 2 amide bonds. The topological polar surface area (TPSA) is 49.4 Å². The number of alkyl halides is 3. The molecular formula is C19H17F3N2O2. The van der Waals surface area contributed by atoms with Gasteiger partial charge in [-0.1, -0.05) is 36.4 Å². The molecule has 0 spiro atoms. The molecule has 0 saturated heterocycles. The van der Waals surface area contributed by atoms with Crippen molar-refractivity contribution in [1.29, 1.82) is 0 Å². The fraction of sp³-hybridized carbons (Fsp3) is 0.263. The van der Waals surface area contributed by atoms with Crippen LogP contribution in [0.1, 0.15) is 29.0 Å². The van der Waals surface area contributed by atoms with Crippen LogP contribution in [-0.2, 0) is 22.3 Å². The summed E-state index contributed by atoms with van der Waals surface area (Å²) < 4.78 is 39.3. The van der Waals surface area contributed by atoms with Gasteiger partial charge in [0.1, 0.15) is 0 Å². The quantitative estimate of drug-likeness (QED) is 0.900. The molecule has 136 valence electrons. The van der Waals surface area contributed by atoms with Gasteiger partial charge in [0.05, 0.1) is 11.5 Å². The molecule has 2 aromatic carbocycles. The molecule has 1 aliphatic heterocycles. The lowest BCUT2D eigenvalue weighted by molar-refractivity contribution is -0.139. The summed E-state index contributed by atoms with van der Waals surface area (Å²) in [4.78, 5) is 25.8. The number of hydrogen-bond donors (Lipinski definition) is 1. The summed E-state index contributed by atoms with van der Waals surface area (Å²) in [6.45, 7) is -0.176. The lowest BCUT2D eigenvalue weighted by Gasteiger charge is -2.21. The standard InChI is InChI=1S/C19H17F3N2O2/c1-24(11-12-6-2-4-8-15(12)19(20,21)22)17(25)10-14-13-7-3-5-9-16(13)23-18(14)26/h2-9,14H,10-11H2,1H3,(H,23,26). The highest BCUT2D eigenvalue weighted by atomic mass is 19.4. The van der Waals surface area contributed by atoms with E-state index >= 15 is 0 Å². The van der Waals surface area contributed by atoms with E-state index < -0.39 is 17.7 Å². The van der Waals surface area contributed by atoms with Crippen molar-refractivity contribution < 1.29 is 22.8 Å². The first-order valence-electron chi connectivity index (χ1n) is 8.06. The normalized spacial score (nSPS) is 16.2. The Morgan fingerprint density at radius 2 is 1.77 bits per heavy atom. The van der Waals surface area contributed by atoms with E-state index in [1.165, 1.54) is 30.1 Å². The third kappa shape index (κ3) is 3.56. The van der Waals surface area contributed by atoms with Crippen molar-refractivity contribution in [1.82, 2.24) is 4.90 Å². The Morgan fingerprint density at radius 3 is 2.50 bits per heavy atom. The van der Waals surface area contributed by atoms with Crippen molar-refractivity contribution >= 4 is 17.5 Å². The SMILES string of the molecule is CN(Cc1ccccc1C(F)(F)F)C(=O)CC1C(=O)Nc2ccccc21. The Kier molecular flexibility index (Phi) is 4.71. The average molecular weight is 362 g/mol. The smallest absolute Gasteiger partial charge is 0.341 e. The van der Waals surface area contributed by atoms with Crippen molar-refractivity contribution in [2.24, 2.45) is 0 Å². The van der Waals surface area contributed by atoms with E-state index in [9.17, 15) is 22.8 Å². The molecule has 0 radical (unpaired) electrons. The van der Waals surface area contributed by atoms with Gasteiger partial charge in [-0.2, -0.15) is 13.2 Å². The van der Waals surface area contributed by atoms with Crippen LogP contribution >= 0.6 is 0 Å². The highest BCUT2D eigenvalue weighted by Crippen LogP contribution is 2.35. The number of halogens is 3. The number of fused-ring (bicyclic) bond motifs is 1. The zero-order valence-electron chi connectivity index (χ0n) is 14.0. The molecule has 1 atom stereocenters. The van der Waals surface area contributed by atoms with Crippen LogP contribution in [0.5, 0.6) is 0 Å². The first-order valence-corrected chi connectivity index (χ1v) is 8.06. The van der Waals surface area contributed by atoms with Crippen molar-refractivity contribution in [2.45, 2.75) is 25.1 Å². The van der Waals surface area contributed by atoms with E-state index in [1.807, 2.05) is 0 Å². The van der Waals surface area contributed by atoms with Gasteiger partial charge in [0.25, 0.3) is 0 Å². The second kappa shape index (κ2) is 6.82. The summed E-state index contributed by atoms with van der Waals surface area (Å²) in [5, 5.41) is 2.71. The summed E-state index contributed by atoms with van der Waals surface area (Å²) in [7, 11) is 1.44. The van der Waals surface area contributed by atoms with E-state index in [0.717, 1.165) is 11.6 Å². The van der Waals surface area contributed by atoms with E-state index in [0.29, 0.717) is 5.69 Å². The number of para-hydroxylation sites is 1. The second-order valence-corrected chi connectivity index (χ2v) is 6.24. The van der Waals surface area contributed by atoms with Crippen LogP contribution < -0.4 is 5.32 Å². The molecule has 2 aromatic rings. The van der Waals surface area contributed by atoms with Crippen LogP contribution in [0.4, 0.5) is 18.9 Å². The van der Waals surface area contributed by atoms with Crippen LogP contribution in [0.3, 0.4) is 0 Å². The molecule has 4 nitrogen and oxygen atoms in total. The number of anilines is 1. The monoisotopic (exact) mass is 362 g/mol. The molecule has 0 saturated carbocycles. The molecular weight excluding hydrogens is 345 g/mol. The predicted molar refractivity (Wildman–Crippen MR) is 90.3 cm³/mol. The first kappa shape index (κ1) is 18.0. The van der Waals surface area contributed by atoms with E-state index in [4.69, 9.17) is 0 Å². The van der Waals surface area contributed by atoms with Crippen LogP contribution in [0.25, 0.3) is 0 Å². The Labute approximate surface area is 148 Å². The average Bonchev–Trinajstić information content (AvgIpc) is 2.90. The van der Waals surface area contributed by atoms with Gasteiger partial charge >= 0.3 is 6.18 Å². The first-order chi connectivity index (χ1) is 12.3. The molecule has 0 fully saturated rings. The number of nitrogens with zero attached hydrogens (tertiary/aromatic N) is 1. The summed E-state index contributed by atoms with van der Waals surface area (Å²) in [5.41, 5.74) is 0.658. The van der Waals surface area contributed by atoms with Gasteiger partial charge < -0.3 is 10.2 Å². The van der Waals surface area contributed by atoms with Gasteiger partial charge in [-0.25, -0.2) is 0 Å². The minimum Gasteiger partial charge on any atom is -0.341 e. The highest BCUT2D eigenvalue weighted by molar-refractivity contribution is 6.04. The van der Waals surface area contributed by atoms with Crippen LogP contribution in [-0.4, -0.2) is 23.8 Å². The fourth-order valence-corrected chi connectivity index (χ4v) is 3.09. The molecule has 1 heterocycles. The Hall–Kier alpha value is -2.83. The zero-order chi connectivity index (χ0) is 18.9. The molecule has 3 rings (SSSR count). The largest absolute Gasteiger partial charge is 0.416 e. The van der Waals surface area contributed by atoms with E-state index in [1.54, 1.807) is 24.3 Å². The highest BCUT2D eigenvalue weighted by Gasteiger charge is 2.35. The van der Waals surface area contributed by atoms with Gasteiger partial charge in [0, 0.05) is 25.7 Å². The van der Waals surface area contributed by atoms with Gasteiger partial charge in [-0.3, -0.25) is 9.59 Å². The number of nitrogens with one attached hydrogen (secondary N) is 1. The maximum atomic E-state index is 13.1. The Balaban J connectivity index is 1.73. The third-order valence-corrected chi connectivity index (χ3v) is 4.45. The summed E-state index contributed by atoms with van der Waals surface area (Å²) >= 11 is 0. The molecule has 26 heavy (non-hydrogen) atoms. The minimum atomic E-state index is -4.48. The molecule has 1 N–H and O–H groups in total. The molecule has 1 unspecified atom stereocenters. The lowest BCUT2D eigenvalue weighted by atomic mass is 9.96. The van der Waals surface area contributed by atoms with Crippen LogP contribution in [0.15, 0.2) is 48.5 Å². The van der Waals surface area contributed by atoms with Crippen LogP contribution in [0.2, 0.25) is 0 Å². The number of benzene rings is 2. The molecule has 7 heteroatoms. The lowest BCUT2D eigenvalue weighted by Crippen LogP contribution is -2.30. The van der Waals surface area contributed by atoms with Crippen molar-refractivity contribution in [3.05, 3.63) is 65.2 Å². The van der Waals surface area contributed by atoms with E-state index in [-0.39, 0.29) is 30.3 Å². The van der Waals surface area contributed by atoms with Crippen LogP contribution in [0, 0.1) is 0 Å². The fourth-order valence-electron chi connectivity index (χ4n) is 3.09. The van der Waals surface area contributed by atoms with Gasteiger partial charge in [0.2, 0.25) is 11.8 Å². The minimum absolute atomic E-state index is 0.0205. The Bertz CT molecular complexity index is 849. The van der Waals surface area contributed by atoms with Gasteiger partial charge in [-0.15, -0.1) is 0 Å². The molecule has 0 aliphatic carbocycles. The summed E-state index contributed by atoms with van der Waals surface area (Å²) in [5.74, 6) is -1.29. The second-order valence-electron chi connectivity index (χ2n) is 6.24. The zero-order valence-corrected chi connectivity index (χ0v) is 14.0. The van der Waals surface area contributed by atoms with Crippen molar-refractivity contribution in [3.8, 4) is 0 Å². The summed E-state index contributed by atoms with van der Waals surface area (Å²) in [6, 6.07) is 12.2. The number of hydrogen-bond acceptors (Lipinski definition) is 2. The van der Waals surface area contributed by atoms with Gasteiger partial charge in [-0.05, 0) is 23.3 Å². The number of rotatable bonds is 4. The predicted octanol–water partition coefficient (Wildman–Crippen LogP) is 3.79. The summed E-state index contributed by atoms with van der Waals surface area (Å²) in [6.07, 6.45) is -4.57. The maximum absolute atomic E-state index is 13.1. The van der Waals surface area contributed by atoms with Gasteiger partial charge in [0.15, 0.2) is 0 Å². The van der Waals surface area contributed by atoms with Crippen molar-refractivity contribution in [2.75, 3.05) is 12.4 Å². The molecule has 0 bridgehead atoms. The third-order valence-electron chi connectivity index (χ3n) is 4.45.